The smallest absolute Gasteiger partial charge is 0.416 e. The summed E-state index contributed by atoms with van der Waals surface area (Å²) >= 11 is 6.21. The first-order valence-corrected chi connectivity index (χ1v) is 7.98. The molecular formula is C15H7Br2F6NO. The molecule has 25 heavy (non-hydrogen) atoms. The van der Waals surface area contributed by atoms with Gasteiger partial charge in [-0.3, -0.25) is 4.99 Å². The highest BCUT2D eigenvalue weighted by molar-refractivity contribution is 9.11. The predicted molar refractivity (Wildman–Crippen MR) is 87.2 cm³/mol. The van der Waals surface area contributed by atoms with Crippen LogP contribution >= 0.6 is 31.9 Å². The van der Waals surface area contributed by atoms with E-state index in [4.69, 9.17) is 0 Å². The summed E-state index contributed by atoms with van der Waals surface area (Å²) in [7, 11) is 0. The van der Waals surface area contributed by atoms with Gasteiger partial charge in [-0.05, 0) is 46.3 Å². The summed E-state index contributed by atoms with van der Waals surface area (Å²) in [5.74, 6) is -0.255. The minimum Gasteiger partial charge on any atom is -0.506 e. The van der Waals surface area contributed by atoms with E-state index in [0.29, 0.717) is 16.6 Å². The molecule has 2 rings (SSSR count). The Hall–Kier alpha value is -1.55. The van der Waals surface area contributed by atoms with Crippen LogP contribution in [0.2, 0.25) is 0 Å². The predicted octanol–water partition coefficient (Wildman–Crippen LogP) is 6.71. The SMILES string of the molecule is Oc1c(Br)cc(Br)cc1C=Nc1cc(C(F)(F)F)cc(C(F)(F)F)c1. The number of benzene rings is 2. The maximum atomic E-state index is 12.8. The fourth-order valence-electron chi connectivity index (χ4n) is 1.84. The quantitative estimate of drug-likeness (QED) is 0.368. The third kappa shape index (κ3) is 4.97. The molecule has 0 amide bonds. The fraction of sp³-hybridized carbons (Fsp3) is 0.133. The average molecular weight is 491 g/mol. The Kier molecular flexibility index (Phi) is 5.53. The van der Waals surface area contributed by atoms with E-state index < -0.39 is 29.2 Å². The average Bonchev–Trinajstić information content (AvgIpc) is 2.47. The van der Waals surface area contributed by atoms with E-state index >= 15 is 0 Å². The highest BCUT2D eigenvalue weighted by Gasteiger charge is 2.36. The fourth-order valence-corrected chi connectivity index (χ4v) is 3.10. The van der Waals surface area contributed by atoms with Gasteiger partial charge in [0.25, 0.3) is 0 Å². The van der Waals surface area contributed by atoms with Gasteiger partial charge in [-0.15, -0.1) is 0 Å². The molecule has 1 N–H and O–H groups in total. The zero-order valence-corrected chi connectivity index (χ0v) is 15.1. The van der Waals surface area contributed by atoms with Gasteiger partial charge in [-0.1, -0.05) is 15.9 Å². The van der Waals surface area contributed by atoms with Crippen LogP contribution in [-0.2, 0) is 12.4 Å². The van der Waals surface area contributed by atoms with Gasteiger partial charge in [0.1, 0.15) is 5.75 Å². The molecule has 0 aliphatic carbocycles. The highest BCUT2D eigenvalue weighted by atomic mass is 79.9. The number of alkyl halides is 6. The molecule has 0 unspecified atom stereocenters. The van der Waals surface area contributed by atoms with Crippen LogP contribution in [0, 0.1) is 0 Å². The summed E-state index contributed by atoms with van der Waals surface area (Å²) in [6.45, 7) is 0. The molecule has 2 aromatic rings. The summed E-state index contributed by atoms with van der Waals surface area (Å²) in [5, 5.41) is 9.85. The molecule has 0 aromatic heterocycles. The van der Waals surface area contributed by atoms with Crippen molar-refractivity contribution in [2.24, 2.45) is 4.99 Å². The second-order valence-corrected chi connectivity index (χ2v) is 6.62. The van der Waals surface area contributed by atoms with Crippen molar-refractivity contribution < 1.29 is 31.4 Å². The number of aliphatic imine (C=N–C) groups is 1. The van der Waals surface area contributed by atoms with Crippen LogP contribution in [0.15, 0.2) is 44.3 Å². The van der Waals surface area contributed by atoms with Gasteiger partial charge in [0.05, 0.1) is 21.3 Å². The van der Waals surface area contributed by atoms with Crippen LogP contribution in [0.5, 0.6) is 5.75 Å². The Labute approximate surface area is 154 Å². The Balaban J connectivity index is 2.52. The van der Waals surface area contributed by atoms with Crippen LogP contribution in [0.25, 0.3) is 0 Å². The minimum atomic E-state index is -4.95. The highest BCUT2D eigenvalue weighted by Crippen LogP contribution is 2.38. The Morgan fingerprint density at radius 1 is 0.840 bits per heavy atom. The topological polar surface area (TPSA) is 32.6 Å². The summed E-state index contributed by atoms with van der Waals surface area (Å²) in [5.41, 5.74) is -3.37. The number of hydrogen-bond acceptors (Lipinski definition) is 2. The molecule has 134 valence electrons. The lowest BCUT2D eigenvalue weighted by Gasteiger charge is -2.12. The maximum Gasteiger partial charge on any atom is 0.416 e. The van der Waals surface area contributed by atoms with Crippen molar-refractivity contribution in [3.05, 3.63) is 56.0 Å². The normalized spacial score (nSPS) is 12.8. The molecule has 0 spiro atoms. The first-order chi connectivity index (χ1) is 11.4. The van der Waals surface area contributed by atoms with Crippen LogP contribution in [-0.4, -0.2) is 11.3 Å². The lowest BCUT2D eigenvalue weighted by molar-refractivity contribution is -0.143. The lowest BCUT2D eigenvalue weighted by Crippen LogP contribution is -2.10. The molecule has 10 heteroatoms. The van der Waals surface area contributed by atoms with Crippen molar-refractivity contribution in [1.82, 2.24) is 0 Å². The zero-order valence-electron chi connectivity index (χ0n) is 11.9. The molecule has 0 saturated heterocycles. The number of phenolic OH excluding ortho intramolecular Hbond substituents is 1. The number of halogens is 8. The van der Waals surface area contributed by atoms with E-state index in [2.05, 4.69) is 36.9 Å². The number of phenols is 1. The number of hydrogen-bond donors (Lipinski definition) is 1. The number of nitrogens with zero attached hydrogens (tertiary/aromatic N) is 1. The number of aromatic hydroxyl groups is 1. The van der Waals surface area contributed by atoms with Gasteiger partial charge in [0, 0.05) is 16.3 Å². The van der Waals surface area contributed by atoms with E-state index in [-0.39, 0.29) is 21.9 Å². The second kappa shape index (κ2) is 6.99. The summed E-state index contributed by atoms with van der Waals surface area (Å²) in [4.78, 5) is 3.64. The molecule has 0 radical (unpaired) electrons. The summed E-state index contributed by atoms with van der Waals surface area (Å²) in [6.07, 6.45) is -8.93. The monoisotopic (exact) mass is 489 g/mol. The zero-order chi connectivity index (χ0) is 19.0. The first kappa shape index (κ1) is 19.8. The lowest BCUT2D eigenvalue weighted by atomic mass is 10.1. The van der Waals surface area contributed by atoms with Gasteiger partial charge < -0.3 is 5.11 Å². The van der Waals surface area contributed by atoms with Crippen LogP contribution in [0.1, 0.15) is 16.7 Å². The largest absolute Gasteiger partial charge is 0.506 e. The van der Waals surface area contributed by atoms with E-state index in [1.54, 1.807) is 0 Å². The van der Waals surface area contributed by atoms with Gasteiger partial charge in [-0.2, -0.15) is 26.3 Å². The van der Waals surface area contributed by atoms with Crippen LogP contribution in [0.4, 0.5) is 32.0 Å². The first-order valence-electron chi connectivity index (χ1n) is 6.39. The molecule has 0 aliphatic rings. The minimum absolute atomic E-state index is 0.0200. The van der Waals surface area contributed by atoms with Crippen molar-refractivity contribution in [2.45, 2.75) is 12.4 Å². The van der Waals surface area contributed by atoms with E-state index in [0.717, 1.165) is 6.21 Å². The van der Waals surface area contributed by atoms with Crippen molar-refractivity contribution in [2.75, 3.05) is 0 Å². The van der Waals surface area contributed by atoms with Crippen LogP contribution in [0.3, 0.4) is 0 Å². The molecular weight excluding hydrogens is 484 g/mol. The van der Waals surface area contributed by atoms with Gasteiger partial charge in [0.2, 0.25) is 0 Å². The molecule has 0 aliphatic heterocycles. The third-order valence-corrected chi connectivity index (χ3v) is 4.05. The van der Waals surface area contributed by atoms with E-state index in [1.165, 1.54) is 12.1 Å². The van der Waals surface area contributed by atoms with Crippen molar-refractivity contribution in [3.8, 4) is 5.75 Å². The Morgan fingerprint density at radius 3 is 1.84 bits per heavy atom. The molecule has 0 atom stereocenters. The molecule has 0 heterocycles. The van der Waals surface area contributed by atoms with E-state index in [1.807, 2.05) is 0 Å². The van der Waals surface area contributed by atoms with Crippen molar-refractivity contribution in [3.63, 3.8) is 0 Å². The Bertz CT molecular complexity index is 798. The van der Waals surface area contributed by atoms with Gasteiger partial charge in [0.15, 0.2) is 0 Å². The summed E-state index contributed by atoms with van der Waals surface area (Å²) in [6, 6.07) is 3.93. The molecule has 0 fully saturated rings. The molecule has 0 bridgehead atoms. The third-order valence-electron chi connectivity index (χ3n) is 2.98. The van der Waals surface area contributed by atoms with Crippen molar-refractivity contribution in [1.29, 1.82) is 0 Å². The summed E-state index contributed by atoms with van der Waals surface area (Å²) < 4.78 is 77.6. The van der Waals surface area contributed by atoms with Gasteiger partial charge >= 0.3 is 12.4 Å². The second-order valence-electron chi connectivity index (χ2n) is 4.85. The van der Waals surface area contributed by atoms with Gasteiger partial charge in [-0.25, -0.2) is 0 Å². The van der Waals surface area contributed by atoms with Crippen molar-refractivity contribution >= 4 is 43.8 Å². The number of rotatable bonds is 2. The molecule has 2 nitrogen and oxygen atoms in total. The standard InChI is InChI=1S/C15H7Br2F6NO/c16-10-1-7(13(25)12(17)5-10)6-24-11-3-8(14(18,19)20)2-9(4-11)15(21,22)23/h1-6,25H. The Morgan fingerprint density at radius 2 is 1.36 bits per heavy atom. The molecule has 0 saturated carbocycles. The maximum absolute atomic E-state index is 12.8. The molecule has 2 aromatic carbocycles. The van der Waals surface area contributed by atoms with E-state index in [9.17, 15) is 31.4 Å². The van der Waals surface area contributed by atoms with Crippen LogP contribution < -0.4 is 0 Å².